The second kappa shape index (κ2) is 9.59. The molecule has 1 aliphatic heterocycles. The van der Waals surface area contributed by atoms with E-state index in [1.165, 1.54) is 12.1 Å². The van der Waals surface area contributed by atoms with Crippen LogP contribution < -0.4 is 9.64 Å². The third-order valence-corrected chi connectivity index (χ3v) is 6.71. The van der Waals surface area contributed by atoms with Crippen molar-refractivity contribution in [3.05, 3.63) is 95.9 Å². The first kappa shape index (κ1) is 22.0. The number of amides is 1. The van der Waals surface area contributed by atoms with Gasteiger partial charge in [0, 0.05) is 55.6 Å². The Morgan fingerprint density at radius 2 is 1.68 bits per heavy atom. The molecule has 0 saturated carbocycles. The largest absolute Gasteiger partial charge is 0.495 e. The van der Waals surface area contributed by atoms with E-state index in [1.807, 2.05) is 47.5 Å². The molecule has 1 fully saturated rings. The predicted molar refractivity (Wildman–Crippen MR) is 133 cm³/mol. The van der Waals surface area contributed by atoms with Gasteiger partial charge in [-0.05, 0) is 41.5 Å². The number of para-hydroxylation sites is 3. The second-order valence-corrected chi connectivity index (χ2v) is 8.64. The average molecular weight is 458 g/mol. The van der Waals surface area contributed by atoms with Gasteiger partial charge in [-0.2, -0.15) is 0 Å². The number of rotatable bonds is 6. The van der Waals surface area contributed by atoms with Gasteiger partial charge in [0.05, 0.1) is 12.8 Å². The van der Waals surface area contributed by atoms with Crippen LogP contribution in [-0.2, 0) is 4.79 Å². The number of fused-ring (bicyclic) bond motifs is 1. The van der Waals surface area contributed by atoms with Gasteiger partial charge in [-0.3, -0.25) is 4.79 Å². The third-order valence-electron chi connectivity index (χ3n) is 6.71. The molecule has 5 rings (SSSR count). The number of carbonyl (C=O) groups is 1. The van der Waals surface area contributed by atoms with Crippen LogP contribution in [0, 0.1) is 5.82 Å². The van der Waals surface area contributed by atoms with Gasteiger partial charge in [0.15, 0.2) is 0 Å². The van der Waals surface area contributed by atoms with E-state index in [0.29, 0.717) is 19.5 Å². The van der Waals surface area contributed by atoms with Crippen LogP contribution >= 0.6 is 0 Å². The van der Waals surface area contributed by atoms with E-state index in [2.05, 4.69) is 22.0 Å². The van der Waals surface area contributed by atoms with Crippen molar-refractivity contribution in [1.29, 1.82) is 0 Å². The van der Waals surface area contributed by atoms with E-state index in [4.69, 9.17) is 4.74 Å². The van der Waals surface area contributed by atoms with Crippen LogP contribution in [0.2, 0.25) is 0 Å². The monoisotopic (exact) mass is 457 g/mol. The molecule has 1 atom stereocenters. The molecule has 0 aliphatic carbocycles. The minimum absolute atomic E-state index is 0.110. The molecule has 6 heteroatoms. The van der Waals surface area contributed by atoms with Crippen molar-refractivity contribution in [2.24, 2.45) is 0 Å². The maximum Gasteiger partial charge on any atom is 0.223 e. The summed E-state index contributed by atoms with van der Waals surface area (Å²) in [5.74, 6) is 0.522. The molecule has 1 aliphatic rings. The molecule has 3 aromatic carbocycles. The number of methoxy groups -OCH3 is 1. The molecule has 174 valence electrons. The number of carbonyl (C=O) groups excluding carboxylic acids is 1. The van der Waals surface area contributed by atoms with Crippen LogP contribution in [-0.4, -0.2) is 49.1 Å². The summed E-state index contributed by atoms with van der Waals surface area (Å²) in [4.78, 5) is 21.0. The van der Waals surface area contributed by atoms with Crippen LogP contribution in [0.3, 0.4) is 0 Å². The zero-order valence-corrected chi connectivity index (χ0v) is 19.2. The number of nitrogens with one attached hydrogen (secondary N) is 1. The van der Waals surface area contributed by atoms with Crippen molar-refractivity contribution in [3.8, 4) is 5.75 Å². The Morgan fingerprint density at radius 3 is 2.44 bits per heavy atom. The highest BCUT2D eigenvalue weighted by Gasteiger charge is 2.27. The SMILES string of the molecule is COc1ccccc1N1CCN(C(=O)C[C@@H](c2ccc(F)cc2)c2c[nH]c3ccccc23)CC1. The van der Waals surface area contributed by atoms with Crippen LogP contribution in [0.1, 0.15) is 23.5 Å². The van der Waals surface area contributed by atoms with E-state index < -0.39 is 0 Å². The van der Waals surface area contributed by atoms with Gasteiger partial charge in [-0.25, -0.2) is 4.39 Å². The minimum atomic E-state index is -0.278. The zero-order chi connectivity index (χ0) is 23.5. The van der Waals surface area contributed by atoms with Crippen LogP contribution in [0.5, 0.6) is 5.75 Å². The van der Waals surface area contributed by atoms with Gasteiger partial charge in [-0.1, -0.05) is 42.5 Å². The summed E-state index contributed by atoms with van der Waals surface area (Å²) >= 11 is 0. The van der Waals surface area contributed by atoms with Gasteiger partial charge >= 0.3 is 0 Å². The summed E-state index contributed by atoms with van der Waals surface area (Å²) in [5.41, 5.74) is 4.08. The Labute approximate surface area is 198 Å². The summed E-state index contributed by atoms with van der Waals surface area (Å²) in [6.45, 7) is 2.81. The normalized spacial score (nSPS) is 14.9. The van der Waals surface area contributed by atoms with E-state index in [1.54, 1.807) is 19.2 Å². The zero-order valence-electron chi connectivity index (χ0n) is 19.2. The van der Waals surface area contributed by atoms with E-state index in [9.17, 15) is 9.18 Å². The van der Waals surface area contributed by atoms with Crippen molar-refractivity contribution in [1.82, 2.24) is 9.88 Å². The highest BCUT2D eigenvalue weighted by molar-refractivity contribution is 5.86. The highest BCUT2D eigenvalue weighted by atomic mass is 19.1. The maximum atomic E-state index is 13.6. The fraction of sp³-hybridized carbons (Fsp3) is 0.250. The van der Waals surface area contributed by atoms with Crippen molar-refractivity contribution in [3.63, 3.8) is 0 Å². The van der Waals surface area contributed by atoms with Gasteiger partial charge in [0.1, 0.15) is 11.6 Å². The van der Waals surface area contributed by atoms with Gasteiger partial charge in [0.2, 0.25) is 5.91 Å². The van der Waals surface area contributed by atoms with Crippen molar-refractivity contribution in [2.75, 3.05) is 38.2 Å². The van der Waals surface area contributed by atoms with E-state index in [0.717, 1.165) is 46.6 Å². The fourth-order valence-electron chi connectivity index (χ4n) is 4.88. The molecule has 1 saturated heterocycles. The number of hydrogen-bond acceptors (Lipinski definition) is 3. The second-order valence-electron chi connectivity index (χ2n) is 8.64. The molecule has 4 aromatic rings. The fourth-order valence-corrected chi connectivity index (χ4v) is 4.88. The number of hydrogen-bond donors (Lipinski definition) is 1. The van der Waals surface area contributed by atoms with Gasteiger partial charge in [-0.15, -0.1) is 0 Å². The lowest BCUT2D eigenvalue weighted by atomic mass is 9.87. The summed E-state index contributed by atoms with van der Waals surface area (Å²) < 4.78 is 19.1. The maximum absolute atomic E-state index is 13.6. The number of aromatic amines is 1. The Bertz CT molecular complexity index is 1280. The molecule has 0 unspecified atom stereocenters. The quantitative estimate of drug-likeness (QED) is 0.434. The molecule has 0 radical (unpaired) electrons. The Morgan fingerprint density at radius 1 is 0.971 bits per heavy atom. The highest BCUT2D eigenvalue weighted by Crippen LogP contribution is 2.34. The van der Waals surface area contributed by atoms with Crippen molar-refractivity contribution in [2.45, 2.75) is 12.3 Å². The Hall–Kier alpha value is -3.80. The number of nitrogens with zero attached hydrogens (tertiary/aromatic N) is 2. The van der Waals surface area contributed by atoms with Crippen LogP contribution in [0.25, 0.3) is 10.9 Å². The predicted octanol–water partition coefficient (Wildman–Crippen LogP) is 5.19. The first-order chi connectivity index (χ1) is 16.6. The molecule has 0 spiro atoms. The number of ether oxygens (including phenoxy) is 1. The number of anilines is 1. The van der Waals surface area contributed by atoms with Crippen LogP contribution in [0.4, 0.5) is 10.1 Å². The molecule has 1 N–H and O–H groups in total. The average Bonchev–Trinajstić information content (AvgIpc) is 3.32. The summed E-state index contributed by atoms with van der Waals surface area (Å²) in [6, 6.07) is 22.6. The standard InChI is InChI=1S/C28H28FN3O2/c1-34-27-9-5-4-8-26(27)31-14-16-32(17-15-31)28(33)18-23(20-10-12-21(29)13-11-20)24-19-30-25-7-3-2-6-22(24)25/h2-13,19,23,30H,14-18H2,1H3/t23-/m0/s1. The first-order valence-electron chi connectivity index (χ1n) is 11.6. The molecular formula is C28H28FN3O2. The lowest BCUT2D eigenvalue weighted by Crippen LogP contribution is -2.49. The number of H-pyrrole nitrogens is 1. The number of aromatic nitrogens is 1. The Kier molecular flexibility index (Phi) is 6.21. The molecule has 1 aromatic heterocycles. The van der Waals surface area contributed by atoms with Crippen LogP contribution in [0.15, 0.2) is 79.0 Å². The minimum Gasteiger partial charge on any atom is -0.495 e. The number of piperazine rings is 1. The first-order valence-corrected chi connectivity index (χ1v) is 11.6. The number of halogens is 1. The van der Waals surface area contributed by atoms with E-state index in [-0.39, 0.29) is 17.6 Å². The lowest BCUT2D eigenvalue weighted by molar-refractivity contribution is -0.131. The molecular weight excluding hydrogens is 429 g/mol. The number of benzene rings is 3. The van der Waals surface area contributed by atoms with E-state index >= 15 is 0 Å². The molecule has 0 bridgehead atoms. The molecule has 34 heavy (non-hydrogen) atoms. The molecule has 5 nitrogen and oxygen atoms in total. The van der Waals surface area contributed by atoms with Crippen molar-refractivity contribution < 1.29 is 13.9 Å². The smallest absolute Gasteiger partial charge is 0.223 e. The van der Waals surface area contributed by atoms with Gasteiger partial charge in [0.25, 0.3) is 0 Å². The summed E-state index contributed by atoms with van der Waals surface area (Å²) in [5, 5.41) is 1.09. The summed E-state index contributed by atoms with van der Waals surface area (Å²) in [6.07, 6.45) is 2.31. The lowest BCUT2D eigenvalue weighted by Gasteiger charge is -2.37. The third kappa shape index (κ3) is 4.36. The Balaban J connectivity index is 1.35. The topological polar surface area (TPSA) is 48.6 Å². The molecule has 1 amide bonds. The molecule has 2 heterocycles. The summed E-state index contributed by atoms with van der Waals surface area (Å²) in [7, 11) is 1.68. The van der Waals surface area contributed by atoms with Gasteiger partial charge < -0.3 is 19.5 Å². The van der Waals surface area contributed by atoms with Crippen molar-refractivity contribution >= 4 is 22.5 Å².